The molecule has 2 rings (SSSR count). The van der Waals surface area contributed by atoms with Crippen molar-refractivity contribution in [3.05, 3.63) is 59.7 Å². The zero-order valence-corrected chi connectivity index (χ0v) is 13.6. The van der Waals surface area contributed by atoms with Crippen LogP contribution in [-0.4, -0.2) is 19.0 Å². The second-order valence-corrected chi connectivity index (χ2v) is 5.61. The molecule has 5 heteroatoms. The Balaban J connectivity index is 1.95. The zero-order chi connectivity index (χ0) is 17.4. The van der Waals surface area contributed by atoms with E-state index in [2.05, 4.69) is 6.07 Å². The van der Waals surface area contributed by atoms with Gasteiger partial charge in [0, 0.05) is 17.9 Å². The summed E-state index contributed by atoms with van der Waals surface area (Å²) in [5.41, 5.74) is 14.4. The largest absolute Gasteiger partial charge is 0.399 e. The molecule has 0 atom stereocenters. The standard InChI is InChI=1S/C19H22N4O/c20-13-16-5-3-6-18(12-16)23(19(24)14-21)11-2-1-4-15-7-9-17(22)10-8-15/h3,5-10,12H,1-2,4,11,14,21-22H2. The van der Waals surface area contributed by atoms with Crippen molar-refractivity contribution in [2.75, 3.05) is 23.7 Å². The first kappa shape index (κ1) is 17.5. The third-order valence-electron chi connectivity index (χ3n) is 3.84. The quantitative estimate of drug-likeness (QED) is 0.604. The Bertz CT molecular complexity index is 719. The first-order valence-corrected chi connectivity index (χ1v) is 7.99. The predicted molar refractivity (Wildman–Crippen MR) is 96.4 cm³/mol. The van der Waals surface area contributed by atoms with Crippen molar-refractivity contribution in [1.29, 1.82) is 5.26 Å². The number of anilines is 2. The predicted octanol–water partition coefficient (Wildman–Crippen LogP) is 2.46. The van der Waals surface area contributed by atoms with Gasteiger partial charge in [-0.3, -0.25) is 4.79 Å². The third kappa shape index (κ3) is 4.83. The van der Waals surface area contributed by atoms with E-state index in [0.29, 0.717) is 12.1 Å². The molecule has 0 heterocycles. The highest BCUT2D eigenvalue weighted by Gasteiger charge is 2.14. The summed E-state index contributed by atoms with van der Waals surface area (Å²) in [4.78, 5) is 13.8. The number of nitriles is 1. The molecule has 24 heavy (non-hydrogen) atoms. The van der Waals surface area contributed by atoms with E-state index in [9.17, 15) is 4.79 Å². The van der Waals surface area contributed by atoms with Crippen LogP contribution in [0.15, 0.2) is 48.5 Å². The Hall–Kier alpha value is -2.84. The van der Waals surface area contributed by atoms with Crippen LogP contribution in [0.2, 0.25) is 0 Å². The molecule has 0 unspecified atom stereocenters. The Morgan fingerprint density at radius 2 is 1.88 bits per heavy atom. The number of aryl methyl sites for hydroxylation is 1. The second-order valence-electron chi connectivity index (χ2n) is 5.61. The van der Waals surface area contributed by atoms with Gasteiger partial charge in [-0.15, -0.1) is 0 Å². The molecule has 2 aromatic carbocycles. The summed E-state index contributed by atoms with van der Waals surface area (Å²) in [6.45, 7) is 0.536. The van der Waals surface area contributed by atoms with Gasteiger partial charge in [0.25, 0.3) is 0 Å². The molecule has 0 aliphatic carbocycles. The van der Waals surface area contributed by atoms with Crippen molar-refractivity contribution in [3.63, 3.8) is 0 Å². The zero-order valence-electron chi connectivity index (χ0n) is 13.6. The molecule has 0 aliphatic heterocycles. The lowest BCUT2D eigenvalue weighted by Crippen LogP contribution is -2.36. The summed E-state index contributed by atoms with van der Waals surface area (Å²) in [5, 5.41) is 9.01. The van der Waals surface area contributed by atoms with Gasteiger partial charge in [-0.2, -0.15) is 5.26 Å². The molecule has 0 fully saturated rings. The van der Waals surface area contributed by atoms with Crippen LogP contribution in [0, 0.1) is 11.3 Å². The van der Waals surface area contributed by atoms with Crippen LogP contribution in [-0.2, 0) is 11.2 Å². The topological polar surface area (TPSA) is 96.1 Å². The van der Waals surface area contributed by atoms with Gasteiger partial charge in [0.2, 0.25) is 5.91 Å². The number of hydrogen-bond acceptors (Lipinski definition) is 4. The normalized spacial score (nSPS) is 10.2. The Morgan fingerprint density at radius 3 is 2.54 bits per heavy atom. The summed E-state index contributed by atoms with van der Waals surface area (Å²) in [5.74, 6) is -0.141. The third-order valence-corrected chi connectivity index (χ3v) is 3.84. The average Bonchev–Trinajstić information content (AvgIpc) is 2.62. The fraction of sp³-hybridized carbons (Fsp3) is 0.263. The molecule has 2 aromatic rings. The summed E-state index contributed by atoms with van der Waals surface area (Å²) in [7, 11) is 0. The van der Waals surface area contributed by atoms with E-state index in [1.807, 2.05) is 30.3 Å². The first-order valence-electron chi connectivity index (χ1n) is 7.99. The number of carbonyl (C=O) groups excluding carboxylic acids is 1. The number of amides is 1. The Labute approximate surface area is 142 Å². The molecule has 0 aliphatic rings. The maximum atomic E-state index is 12.1. The van der Waals surface area contributed by atoms with Crippen LogP contribution in [0.3, 0.4) is 0 Å². The molecule has 0 bridgehead atoms. The number of benzene rings is 2. The highest BCUT2D eigenvalue weighted by atomic mass is 16.2. The molecular weight excluding hydrogens is 300 g/mol. The van der Waals surface area contributed by atoms with Gasteiger partial charge in [-0.25, -0.2) is 0 Å². The van der Waals surface area contributed by atoms with Crippen LogP contribution >= 0.6 is 0 Å². The molecule has 124 valence electrons. The highest BCUT2D eigenvalue weighted by molar-refractivity contribution is 5.94. The van der Waals surface area contributed by atoms with Gasteiger partial charge in [-0.1, -0.05) is 18.2 Å². The minimum atomic E-state index is -0.141. The number of rotatable bonds is 7. The van der Waals surface area contributed by atoms with Gasteiger partial charge in [-0.05, 0) is 55.2 Å². The first-order chi connectivity index (χ1) is 11.6. The van der Waals surface area contributed by atoms with E-state index in [1.54, 1.807) is 23.1 Å². The number of hydrogen-bond donors (Lipinski definition) is 2. The van der Waals surface area contributed by atoms with Crippen LogP contribution in [0.5, 0.6) is 0 Å². The van der Waals surface area contributed by atoms with Crippen LogP contribution in [0.1, 0.15) is 24.0 Å². The number of carbonyl (C=O) groups is 1. The van der Waals surface area contributed by atoms with Gasteiger partial charge < -0.3 is 16.4 Å². The fourth-order valence-corrected chi connectivity index (χ4v) is 2.53. The molecular formula is C19H22N4O. The molecule has 0 aromatic heterocycles. The van der Waals surface area contributed by atoms with Crippen molar-refractivity contribution in [2.45, 2.75) is 19.3 Å². The van der Waals surface area contributed by atoms with E-state index in [4.69, 9.17) is 16.7 Å². The molecule has 4 N–H and O–H groups in total. The SMILES string of the molecule is N#Cc1cccc(N(CCCCc2ccc(N)cc2)C(=O)CN)c1. The van der Waals surface area contributed by atoms with Crippen molar-refractivity contribution < 1.29 is 4.79 Å². The lowest BCUT2D eigenvalue weighted by atomic mass is 10.1. The second kappa shape index (κ2) is 8.70. The van der Waals surface area contributed by atoms with Crippen molar-refractivity contribution in [2.24, 2.45) is 5.73 Å². The van der Waals surface area contributed by atoms with Gasteiger partial charge in [0.1, 0.15) is 0 Å². The lowest BCUT2D eigenvalue weighted by molar-refractivity contribution is -0.117. The summed E-state index contributed by atoms with van der Waals surface area (Å²) in [6.07, 6.45) is 2.74. The summed E-state index contributed by atoms with van der Waals surface area (Å²) >= 11 is 0. The molecule has 1 amide bonds. The maximum absolute atomic E-state index is 12.1. The molecule has 0 saturated carbocycles. The van der Waals surface area contributed by atoms with Crippen LogP contribution < -0.4 is 16.4 Å². The fourth-order valence-electron chi connectivity index (χ4n) is 2.53. The van der Waals surface area contributed by atoms with Crippen molar-refractivity contribution in [1.82, 2.24) is 0 Å². The lowest BCUT2D eigenvalue weighted by Gasteiger charge is -2.22. The van der Waals surface area contributed by atoms with E-state index >= 15 is 0 Å². The number of nitrogens with zero attached hydrogens (tertiary/aromatic N) is 2. The minimum Gasteiger partial charge on any atom is -0.399 e. The van der Waals surface area contributed by atoms with Crippen LogP contribution in [0.25, 0.3) is 0 Å². The maximum Gasteiger partial charge on any atom is 0.240 e. The van der Waals surface area contributed by atoms with Crippen LogP contribution in [0.4, 0.5) is 11.4 Å². The average molecular weight is 322 g/mol. The molecule has 0 spiro atoms. The summed E-state index contributed by atoms with van der Waals surface area (Å²) in [6, 6.07) is 17.0. The van der Waals surface area contributed by atoms with E-state index in [1.165, 1.54) is 5.56 Å². The molecule has 0 saturated heterocycles. The highest BCUT2D eigenvalue weighted by Crippen LogP contribution is 2.17. The van der Waals surface area contributed by atoms with Gasteiger partial charge >= 0.3 is 0 Å². The Kier molecular flexibility index (Phi) is 6.35. The van der Waals surface area contributed by atoms with Gasteiger partial charge in [0.15, 0.2) is 0 Å². The number of unbranched alkanes of at least 4 members (excludes halogenated alkanes) is 1. The number of nitrogens with two attached hydrogens (primary N) is 2. The summed E-state index contributed by atoms with van der Waals surface area (Å²) < 4.78 is 0. The van der Waals surface area contributed by atoms with Crippen molar-refractivity contribution in [3.8, 4) is 6.07 Å². The monoisotopic (exact) mass is 322 g/mol. The molecule has 0 radical (unpaired) electrons. The van der Waals surface area contributed by atoms with E-state index < -0.39 is 0 Å². The molecule has 5 nitrogen and oxygen atoms in total. The minimum absolute atomic E-state index is 0.0469. The van der Waals surface area contributed by atoms with E-state index in [0.717, 1.165) is 30.6 Å². The Morgan fingerprint density at radius 1 is 1.12 bits per heavy atom. The van der Waals surface area contributed by atoms with E-state index in [-0.39, 0.29) is 12.5 Å². The number of nitrogen functional groups attached to an aromatic ring is 1. The van der Waals surface area contributed by atoms with Crippen molar-refractivity contribution >= 4 is 17.3 Å². The van der Waals surface area contributed by atoms with Gasteiger partial charge in [0.05, 0.1) is 18.2 Å². The smallest absolute Gasteiger partial charge is 0.240 e.